The summed E-state index contributed by atoms with van der Waals surface area (Å²) in [6, 6.07) is 4.37. The third-order valence-electron chi connectivity index (χ3n) is 4.05. The average Bonchev–Trinajstić information content (AvgIpc) is 3.17. The molecule has 0 aliphatic carbocycles. The first kappa shape index (κ1) is 18.3. The Kier molecular flexibility index (Phi) is 5.53. The number of hydrogen-bond donors (Lipinski definition) is 1. The minimum Gasteiger partial charge on any atom is -0.377 e. The highest BCUT2D eigenvalue weighted by atomic mass is 35.5. The van der Waals surface area contributed by atoms with Crippen LogP contribution in [0.1, 0.15) is 36.1 Å². The Morgan fingerprint density at radius 1 is 1.38 bits per heavy atom. The number of ether oxygens (including phenoxy) is 1. The van der Waals surface area contributed by atoms with Crippen molar-refractivity contribution < 1.29 is 18.8 Å². The number of anilines is 1. The van der Waals surface area contributed by atoms with E-state index in [1.54, 1.807) is 36.9 Å². The predicted octanol–water partition coefficient (Wildman–Crippen LogP) is 2.53. The summed E-state index contributed by atoms with van der Waals surface area (Å²) < 4.78 is 10.2. The molecule has 2 amide bonds. The Balaban J connectivity index is 1.87. The van der Waals surface area contributed by atoms with E-state index in [0.717, 1.165) is 0 Å². The van der Waals surface area contributed by atoms with E-state index >= 15 is 0 Å². The largest absolute Gasteiger partial charge is 0.377 e. The van der Waals surface area contributed by atoms with Crippen LogP contribution in [0.2, 0.25) is 5.02 Å². The average molecular weight is 379 g/mol. The molecular formula is C17H19ClN4O4. The Hall–Kier alpha value is -2.45. The van der Waals surface area contributed by atoms with Gasteiger partial charge in [0.25, 0.3) is 5.91 Å². The fourth-order valence-electron chi connectivity index (χ4n) is 2.59. The highest BCUT2D eigenvalue weighted by molar-refractivity contribution is 6.34. The molecule has 1 saturated heterocycles. The summed E-state index contributed by atoms with van der Waals surface area (Å²) in [5, 5.41) is 6.89. The molecule has 0 spiro atoms. The Bertz CT molecular complexity index is 794. The van der Waals surface area contributed by atoms with Gasteiger partial charge in [0.2, 0.25) is 12.3 Å². The zero-order chi connectivity index (χ0) is 18.7. The van der Waals surface area contributed by atoms with Crippen LogP contribution < -0.4 is 5.32 Å². The highest BCUT2D eigenvalue weighted by Crippen LogP contribution is 2.28. The molecule has 1 N–H and O–H groups in total. The maximum atomic E-state index is 13.1. The quantitative estimate of drug-likeness (QED) is 0.877. The molecule has 26 heavy (non-hydrogen) atoms. The number of nitrogens with one attached hydrogen (secondary N) is 1. The van der Waals surface area contributed by atoms with Gasteiger partial charge in [-0.1, -0.05) is 30.6 Å². The third-order valence-corrected chi connectivity index (χ3v) is 4.38. The van der Waals surface area contributed by atoms with Crippen LogP contribution in [0.15, 0.2) is 29.1 Å². The molecule has 1 atom stereocenters. The summed E-state index contributed by atoms with van der Waals surface area (Å²) in [5.41, 5.74) is 0.810. The minimum atomic E-state index is -0.458. The normalized spacial score (nSPS) is 17.4. The van der Waals surface area contributed by atoms with E-state index in [9.17, 15) is 9.59 Å². The smallest absolute Gasteiger partial charge is 0.256 e. The standard InChI is InChI=1S/C17H19ClN4O4/c1-10(2)16(23)20-11-3-4-13(18)12(7-11)17(24)22-5-6-25-8-14(22)15-19-9-26-21-15/h3-4,7,9-10,14H,5-6,8H2,1-2H3,(H,20,23). The first-order chi connectivity index (χ1) is 12.5. The molecule has 0 bridgehead atoms. The van der Waals surface area contributed by atoms with E-state index in [2.05, 4.69) is 15.5 Å². The molecule has 138 valence electrons. The van der Waals surface area contributed by atoms with Crippen molar-refractivity contribution in [2.75, 3.05) is 25.1 Å². The van der Waals surface area contributed by atoms with Crippen molar-refractivity contribution in [1.29, 1.82) is 0 Å². The maximum Gasteiger partial charge on any atom is 0.256 e. The van der Waals surface area contributed by atoms with Crippen LogP contribution >= 0.6 is 11.6 Å². The van der Waals surface area contributed by atoms with Crippen LogP contribution in [0.3, 0.4) is 0 Å². The lowest BCUT2D eigenvalue weighted by molar-refractivity contribution is -0.118. The van der Waals surface area contributed by atoms with Gasteiger partial charge in [-0.25, -0.2) is 0 Å². The molecule has 1 aromatic carbocycles. The molecule has 0 saturated carbocycles. The van der Waals surface area contributed by atoms with E-state index in [0.29, 0.717) is 35.2 Å². The SMILES string of the molecule is CC(C)C(=O)Nc1ccc(Cl)c(C(=O)N2CCOCC2c2ncon2)c1. The van der Waals surface area contributed by atoms with Gasteiger partial charge in [0, 0.05) is 18.2 Å². The second-order valence-corrected chi connectivity index (χ2v) is 6.62. The minimum absolute atomic E-state index is 0.137. The van der Waals surface area contributed by atoms with Gasteiger partial charge >= 0.3 is 0 Å². The van der Waals surface area contributed by atoms with E-state index in [-0.39, 0.29) is 24.3 Å². The number of rotatable bonds is 4. The molecule has 0 radical (unpaired) electrons. The molecule has 3 rings (SSSR count). The summed E-state index contributed by atoms with van der Waals surface area (Å²) in [5.74, 6) is -0.222. The molecule has 2 heterocycles. The Morgan fingerprint density at radius 3 is 2.88 bits per heavy atom. The zero-order valence-electron chi connectivity index (χ0n) is 14.4. The van der Waals surface area contributed by atoms with Crippen molar-refractivity contribution in [2.45, 2.75) is 19.9 Å². The van der Waals surface area contributed by atoms with Gasteiger partial charge in [-0.05, 0) is 18.2 Å². The first-order valence-electron chi connectivity index (χ1n) is 8.22. The molecule has 9 heteroatoms. The van der Waals surface area contributed by atoms with E-state index in [1.807, 2.05) is 0 Å². The number of morpholine rings is 1. The molecule has 1 fully saturated rings. The molecule has 1 unspecified atom stereocenters. The molecular weight excluding hydrogens is 360 g/mol. The number of benzene rings is 1. The van der Waals surface area contributed by atoms with E-state index in [1.165, 1.54) is 6.39 Å². The van der Waals surface area contributed by atoms with Gasteiger partial charge in [-0.2, -0.15) is 4.98 Å². The zero-order valence-corrected chi connectivity index (χ0v) is 15.2. The predicted molar refractivity (Wildman–Crippen MR) is 93.8 cm³/mol. The number of amides is 2. The number of aromatic nitrogens is 2. The summed E-state index contributed by atoms with van der Waals surface area (Å²) in [7, 11) is 0. The van der Waals surface area contributed by atoms with Crippen molar-refractivity contribution in [3.63, 3.8) is 0 Å². The van der Waals surface area contributed by atoms with Crippen molar-refractivity contribution in [1.82, 2.24) is 15.0 Å². The molecule has 8 nitrogen and oxygen atoms in total. The van der Waals surface area contributed by atoms with Crippen LogP contribution in [0.5, 0.6) is 0 Å². The monoisotopic (exact) mass is 378 g/mol. The van der Waals surface area contributed by atoms with Gasteiger partial charge in [-0.3, -0.25) is 9.59 Å². The Morgan fingerprint density at radius 2 is 2.19 bits per heavy atom. The number of carbonyl (C=O) groups excluding carboxylic acids is 2. The second-order valence-electron chi connectivity index (χ2n) is 6.22. The Labute approximate surface area is 155 Å². The fraction of sp³-hybridized carbons (Fsp3) is 0.412. The lowest BCUT2D eigenvalue weighted by Gasteiger charge is -2.34. The van der Waals surface area contributed by atoms with E-state index in [4.69, 9.17) is 20.9 Å². The number of carbonyl (C=O) groups is 2. The first-order valence-corrected chi connectivity index (χ1v) is 8.60. The molecule has 1 aliphatic heterocycles. The summed E-state index contributed by atoms with van der Waals surface area (Å²) >= 11 is 6.24. The second kappa shape index (κ2) is 7.84. The van der Waals surface area contributed by atoms with Crippen LogP contribution in [0, 0.1) is 5.92 Å². The van der Waals surface area contributed by atoms with Crippen LogP contribution in [-0.2, 0) is 9.53 Å². The number of halogens is 1. The van der Waals surface area contributed by atoms with Crippen LogP contribution in [-0.4, -0.2) is 46.6 Å². The maximum absolute atomic E-state index is 13.1. The molecule has 1 aliphatic rings. The third kappa shape index (κ3) is 3.86. The van der Waals surface area contributed by atoms with E-state index < -0.39 is 6.04 Å². The van der Waals surface area contributed by atoms with Crippen LogP contribution in [0.4, 0.5) is 5.69 Å². The summed E-state index contributed by atoms with van der Waals surface area (Å²) in [6.07, 6.45) is 1.21. The van der Waals surface area contributed by atoms with Crippen molar-refractivity contribution >= 4 is 29.1 Å². The topological polar surface area (TPSA) is 97.6 Å². The fourth-order valence-corrected chi connectivity index (χ4v) is 2.79. The van der Waals surface area contributed by atoms with Crippen molar-refractivity contribution in [3.05, 3.63) is 41.0 Å². The van der Waals surface area contributed by atoms with Gasteiger partial charge in [0.05, 0.1) is 23.8 Å². The molecule has 1 aromatic heterocycles. The van der Waals surface area contributed by atoms with Crippen molar-refractivity contribution in [2.24, 2.45) is 5.92 Å². The van der Waals surface area contributed by atoms with Gasteiger partial charge in [0.15, 0.2) is 5.82 Å². The van der Waals surface area contributed by atoms with Gasteiger partial charge in [-0.15, -0.1) is 0 Å². The molecule has 2 aromatic rings. The van der Waals surface area contributed by atoms with Gasteiger partial charge in [0.1, 0.15) is 6.04 Å². The van der Waals surface area contributed by atoms with Crippen molar-refractivity contribution in [3.8, 4) is 0 Å². The summed E-state index contributed by atoms with van der Waals surface area (Å²) in [4.78, 5) is 30.6. The van der Waals surface area contributed by atoms with Gasteiger partial charge < -0.3 is 19.5 Å². The lowest BCUT2D eigenvalue weighted by Crippen LogP contribution is -2.44. The number of hydrogen-bond acceptors (Lipinski definition) is 6. The lowest BCUT2D eigenvalue weighted by atomic mass is 10.1. The summed E-state index contributed by atoms with van der Waals surface area (Å²) in [6.45, 7) is 4.63. The van der Waals surface area contributed by atoms with Crippen LogP contribution in [0.25, 0.3) is 0 Å². The highest BCUT2D eigenvalue weighted by Gasteiger charge is 2.33. The number of nitrogens with zero attached hydrogens (tertiary/aromatic N) is 3.